The monoisotopic (exact) mass is 144 g/mol. The van der Waals surface area contributed by atoms with E-state index in [9.17, 15) is 10.2 Å². The second-order valence-electron chi connectivity index (χ2n) is 3.13. The van der Waals surface area contributed by atoms with Crippen LogP contribution < -0.4 is 0 Å². The maximum Gasteiger partial charge on any atom is 0.0799 e. The Labute approximate surface area is 61.9 Å². The molecule has 0 spiro atoms. The van der Waals surface area contributed by atoms with Crippen LogP contribution in [0.2, 0.25) is 0 Å². The Bertz CT molecular complexity index is 81.3. The Morgan fingerprint density at radius 2 is 1.10 bits per heavy atom. The van der Waals surface area contributed by atoms with Gasteiger partial charge in [0, 0.05) is 0 Å². The van der Waals surface area contributed by atoms with Crippen LogP contribution in [-0.4, -0.2) is 22.4 Å². The fourth-order valence-electron chi connectivity index (χ4n) is 1.45. The number of aliphatic hydroxyl groups is 2. The van der Waals surface area contributed by atoms with Gasteiger partial charge in [-0.25, -0.2) is 0 Å². The Morgan fingerprint density at radius 3 is 1.50 bits per heavy atom. The van der Waals surface area contributed by atoms with Gasteiger partial charge < -0.3 is 10.2 Å². The van der Waals surface area contributed by atoms with Crippen LogP contribution in [-0.2, 0) is 0 Å². The molecule has 0 bridgehead atoms. The molecule has 1 aliphatic rings. The molecule has 2 N–H and O–H groups in total. The molecule has 2 nitrogen and oxygen atoms in total. The minimum Gasteiger partial charge on any atom is -0.390 e. The van der Waals surface area contributed by atoms with Crippen LogP contribution in [0.25, 0.3) is 0 Å². The van der Waals surface area contributed by atoms with Crippen molar-refractivity contribution in [2.45, 2.75) is 50.7 Å². The van der Waals surface area contributed by atoms with Gasteiger partial charge in [-0.2, -0.15) is 0 Å². The SMILES string of the molecule is O[C@H]1CCCCCC[C@@H]1O. The third kappa shape index (κ3) is 2.27. The molecule has 0 heterocycles. The van der Waals surface area contributed by atoms with Crippen molar-refractivity contribution >= 4 is 0 Å². The normalized spacial score (nSPS) is 36.6. The molecule has 0 aromatic heterocycles. The Hall–Kier alpha value is -0.0800. The van der Waals surface area contributed by atoms with Crippen LogP contribution in [0, 0.1) is 0 Å². The molecule has 2 heteroatoms. The fourth-order valence-corrected chi connectivity index (χ4v) is 1.45. The zero-order chi connectivity index (χ0) is 7.40. The molecule has 10 heavy (non-hydrogen) atoms. The zero-order valence-corrected chi connectivity index (χ0v) is 6.29. The van der Waals surface area contributed by atoms with E-state index in [0.717, 1.165) is 25.7 Å². The summed E-state index contributed by atoms with van der Waals surface area (Å²) in [6.07, 6.45) is 5.20. The van der Waals surface area contributed by atoms with E-state index in [4.69, 9.17) is 0 Å². The summed E-state index contributed by atoms with van der Waals surface area (Å²) in [5, 5.41) is 18.5. The summed E-state index contributed by atoms with van der Waals surface area (Å²) >= 11 is 0. The summed E-state index contributed by atoms with van der Waals surface area (Å²) in [7, 11) is 0. The first-order valence-electron chi connectivity index (χ1n) is 4.17. The Kier molecular flexibility index (Phi) is 3.16. The van der Waals surface area contributed by atoms with E-state index in [1.165, 1.54) is 12.8 Å². The highest BCUT2D eigenvalue weighted by Crippen LogP contribution is 2.17. The third-order valence-electron chi connectivity index (χ3n) is 2.19. The van der Waals surface area contributed by atoms with Crippen LogP contribution in [0.1, 0.15) is 38.5 Å². The lowest BCUT2D eigenvalue weighted by Crippen LogP contribution is -2.26. The van der Waals surface area contributed by atoms with Crippen LogP contribution >= 0.6 is 0 Å². The number of rotatable bonds is 0. The van der Waals surface area contributed by atoms with Crippen molar-refractivity contribution in [2.24, 2.45) is 0 Å². The van der Waals surface area contributed by atoms with Gasteiger partial charge in [0.25, 0.3) is 0 Å². The van der Waals surface area contributed by atoms with E-state index in [0.29, 0.717) is 0 Å². The van der Waals surface area contributed by atoms with Gasteiger partial charge in [-0.3, -0.25) is 0 Å². The summed E-state index contributed by atoms with van der Waals surface area (Å²) < 4.78 is 0. The second-order valence-corrected chi connectivity index (χ2v) is 3.13. The molecule has 1 saturated carbocycles. The van der Waals surface area contributed by atoms with Crippen molar-refractivity contribution < 1.29 is 10.2 Å². The molecule has 60 valence electrons. The van der Waals surface area contributed by atoms with Crippen LogP contribution in [0.4, 0.5) is 0 Å². The minimum atomic E-state index is -0.458. The summed E-state index contributed by atoms with van der Waals surface area (Å²) in [5.41, 5.74) is 0. The van der Waals surface area contributed by atoms with E-state index in [2.05, 4.69) is 0 Å². The lowest BCUT2D eigenvalue weighted by atomic mass is 9.96. The van der Waals surface area contributed by atoms with Gasteiger partial charge in [0.2, 0.25) is 0 Å². The first kappa shape index (κ1) is 8.02. The Morgan fingerprint density at radius 1 is 0.700 bits per heavy atom. The molecule has 1 fully saturated rings. The predicted molar refractivity (Wildman–Crippen MR) is 39.7 cm³/mol. The molecule has 0 radical (unpaired) electrons. The van der Waals surface area contributed by atoms with Gasteiger partial charge >= 0.3 is 0 Å². The van der Waals surface area contributed by atoms with E-state index in [-0.39, 0.29) is 0 Å². The lowest BCUT2D eigenvalue weighted by Gasteiger charge is -2.19. The highest BCUT2D eigenvalue weighted by atomic mass is 16.3. The van der Waals surface area contributed by atoms with Crippen molar-refractivity contribution in [1.82, 2.24) is 0 Å². The topological polar surface area (TPSA) is 40.5 Å². The molecule has 0 aromatic rings. The largest absolute Gasteiger partial charge is 0.390 e. The van der Waals surface area contributed by atoms with Crippen LogP contribution in [0.15, 0.2) is 0 Å². The fraction of sp³-hybridized carbons (Fsp3) is 1.00. The highest BCUT2D eigenvalue weighted by Gasteiger charge is 2.16. The average Bonchev–Trinajstić information content (AvgIpc) is 1.92. The molecule has 0 amide bonds. The van der Waals surface area contributed by atoms with Crippen LogP contribution in [0.5, 0.6) is 0 Å². The van der Waals surface area contributed by atoms with Crippen molar-refractivity contribution in [1.29, 1.82) is 0 Å². The molecule has 0 aromatic carbocycles. The van der Waals surface area contributed by atoms with Crippen molar-refractivity contribution in [2.75, 3.05) is 0 Å². The van der Waals surface area contributed by atoms with Gasteiger partial charge in [-0.15, -0.1) is 0 Å². The summed E-state index contributed by atoms with van der Waals surface area (Å²) in [6, 6.07) is 0. The first-order valence-corrected chi connectivity index (χ1v) is 4.17. The molecule has 1 rings (SSSR count). The van der Waals surface area contributed by atoms with Gasteiger partial charge in [0.15, 0.2) is 0 Å². The highest BCUT2D eigenvalue weighted by molar-refractivity contribution is 4.69. The van der Waals surface area contributed by atoms with Gasteiger partial charge in [-0.05, 0) is 12.8 Å². The minimum absolute atomic E-state index is 0.458. The third-order valence-corrected chi connectivity index (χ3v) is 2.19. The van der Waals surface area contributed by atoms with Gasteiger partial charge in [-0.1, -0.05) is 25.7 Å². The molecule has 0 saturated heterocycles. The maximum atomic E-state index is 9.23. The van der Waals surface area contributed by atoms with Gasteiger partial charge in [0.05, 0.1) is 12.2 Å². The Balaban J connectivity index is 2.28. The number of hydrogen-bond acceptors (Lipinski definition) is 2. The lowest BCUT2D eigenvalue weighted by molar-refractivity contribution is 0.00303. The molecular formula is C8H16O2. The van der Waals surface area contributed by atoms with E-state index in [1.54, 1.807) is 0 Å². The molecule has 2 atom stereocenters. The van der Waals surface area contributed by atoms with Crippen molar-refractivity contribution in [3.05, 3.63) is 0 Å². The number of aliphatic hydroxyl groups excluding tert-OH is 2. The van der Waals surface area contributed by atoms with Crippen molar-refractivity contribution in [3.63, 3.8) is 0 Å². The number of hydrogen-bond donors (Lipinski definition) is 2. The van der Waals surface area contributed by atoms with Crippen LogP contribution in [0.3, 0.4) is 0 Å². The standard InChI is InChI=1S/C8H16O2/c9-7-5-3-1-2-4-6-8(7)10/h7-10H,1-6H2/t7-,8-/m0/s1. The van der Waals surface area contributed by atoms with Crippen molar-refractivity contribution in [3.8, 4) is 0 Å². The van der Waals surface area contributed by atoms with E-state index < -0.39 is 12.2 Å². The van der Waals surface area contributed by atoms with E-state index >= 15 is 0 Å². The first-order chi connectivity index (χ1) is 4.80. The average molecular weight is 144 g/mol. The zero-order valence-electron chi connectivity index (χ0n) is 6.29. The predicted octanol–water partition coefficient (Wildman–Crippen LogP) is 1.06. The molecule has 1 aliphatic carbocycles. The summed E-state index contributed by atoms with van der Waals surface area (Å²) in [6.45, 7) is 0. The maximum absolute atomic E-state index is 9.23. The molecular weight excluding hydrogens is 128 g/mol. The molecule has 0 aliphatic heterocycles. The summed E-state index contributed by atoms with van der Waals surface area (Å²) in [5.74, 6) is 0. The quantitative estimate of drug-likeness (QED) is 0.533. The molecule has 0 unspecified atom stereocenters. The smallest absolute Gasteiger partial charge is 0.0799 e. The second kappa shape index (κ2) is 3.94. The summed E-state index contributed by atoms with van der Waals surface area (Å²) in [4.78, 5) is 0. The van der Waals surface area contributed by atoms with Gasteiger partial charge in [0.1, 0.15) is 0 Å². The van der Waals surface area contributed by atoms with E-state index in [1.807, 2.05) is 0 Å².